The maximum Gasteiger partial charge on any atom is 0.206 e. The zero-order valence-electron chi connectivity index (χ0n) is 10.8. The molecule has 0 fully saturated rings. The topological polar surface area (TPSA) is 82.0 Å². The van der Waals surface area contributed by atoms with Crippen LogP contribution in [0, 0.1) is 0 Å². The highest BCUT2D eigenvalue weighted by atomic mass is 35.5. The fourth-order valence-electron chi connectivity index (χ4n) is 2.47. The van der Waals surface area contributed by atoms with Gasteiger partial charge >= 0.3 is 0 Å². The van der Waals surface area contributed by atoms with Crippen LogP contribution in [0.15, 0.2) is 49.2 Å². The van der Waals surface area contributed by atoms with Gasteiger partial charge in [-0.2, -0.15) is 0 Å². The quantitative estimate of drug-likeness (QED) is 0.583. The van der Waals surface area contributed by atoms with E-state index >= 15 is 0 Å². The average Bonchev–Trinajstić information content (AvgIpc) is 2.84. The van der Waals surface area contributed by atoms with Crippen molar-refractivity contribution >= 4 is 34.9 Å². The summed E-state index contributed by atoms with van der Waals surface area (Å²) >= 11 is 0. The van der Waals surface area contributed by atoms with Gasteiger partial charge in [-0.05, 0) is 24.3 Å². The summed E-state index contributed by atoms with van der Waals surface area (Å²) in [5.74, 6) is 0.409. The van der Waals surface area contributed by atoms with Gasteiger partial charge in [-0.25, -0.2) is 19.9 Å². The van der Waals surface area contributed by atoms with Crippen molar-refractivity contribution in [3.63, 3.8) is 0 Å². The monoisotopic (exact) mass is 298 g/mol. The molecule has 0 unspecified atom stereocenters. The first-order valence-electron chi connectivity index (χ1n) is 6.12. The summed E-state index contributed by atoms with van der Waals surface area (Å²) < 4.78 is 1.84. The van der Waals surface area contributed by atoms with E-state index in [1.807, 2.05) is 28.7 Å². The minimum absolute atomic E-state index is 0. The molecule has 0 bridgehead atoms. The van der Waals surface area contributed by atoms with Crippen molar-refractivity contribution in [1.82, 2.24) is 24.3 Å². The number of rotatable bonds is 1. The molecule has 0 spiro atoms. The fourth-order valence-corrected chi connectivity index (χ4v) is 2.47. The molecule has 0 aliphatic heterocycles. The van der Waals surface area contributed by atoms with Gasteiger partial charge in [0.2, 0.25) is 5.95 Å². The van der Waals surface area contributed by atoms with E-state index in [4.69, 9.17) is 5.73 Å². The molecule has 7 heteroatoms. The predicted molar refractivity (Wildman–Crippen MR) is 83.2 cm³/mol. The SMILES string of the molecule is Cl.Nc1nccc2c(-c3ccncn3)c3cccnc3n12. The molecule has 4 rings (SSSR count). The lowest BCUT2D eigenvalue weighted by Gasteiger charge is -2.01. The number of hydrogen-bond acceptors (Lipinski definition) is 5. The maximum absolute atomic E-state index is 5.99. The zero-order chi connectivity index (χ0) is 13.5. The summed E-state index contributed by atoms with van der Waals surface area (Å²) in [5.41, 5.74) is 9.54. The molecule has 0 atom stereocenters. The van der Waals surface area contributed by atoms with E-state index in [0.717, 1.165) is 27.8 Å². The van der Waals surface area contributed by atoms with E-state index in [1.165, 1.54) is 6.33 Å². The van der Waals surface area contributed by atoms with Crippen LogP contribution in [0.25, 0.3) is 27.8 Å². The summed E-state index contributed by atoms with van der Waals surface area (Å²) in [6, 6.07) is 7.69. The first-order chi connectivity index (χ1) is 9.86. The first-order valence-corrected chi connectivity index (χ1v) is 6.12. The third kappa shape index (κ3) is 1.88. The molecule has 6 nitrogen and oxygen atoms in total. The molecule has 0 radical (unpaired) electrons. The Morgan fingerprint density at radius 1 is 0.952 bits per heavy atom. The zero-order valence-corrected chi connectivity index (χ0v) is 11.7. The Morgan fingerprint density at radius 3 is 2.67 bits per heavy atom. The van der Waals surface area contributed by atoms with E-state index in [0.29, 0.717) is 5.95 Å². The van der Waals surface area contributed by atoms with Gasteiger partial charge in [0, 0.05) is 29.5 Å². The molecule has 4 aromatic rings. The minimum atomic E-state index is 0. The van der Waals surface area contributed by atoms with Crippen molar-refractivity contribution in [3.05, 3.63) is 49.2 Å². The Hall–Kier alpha value is -2.73. The van der Waals surface area contributed by atoms with Crippen LogP contribution in [0.4, 0.5) is 5.95 Å². The fraction of sp³-hybridized carbons (Fsp3) is 0. The molecular weight excluding hydrogens is 288 g/mol. The van der Waals surface area contributed by atoms with Gasteiger partial charge in [0.1, 0.15) is 12.0 Å². The second-order valence-electron chi connectivity index (χ2n) is 4.37. The Kier molecular flexibility index (Phi) is 3.15. The normalized spacial score (nSPS) is 10.7. The van der Waals surface area contributed by atoms with Crippen LogP contribution in [0.5, 0.6) is 0 Å². The van der Waals surface area contributed by atoms with Crippen LogP contribution in [-0.2, 0) is 0 Å². The third-order valence-electron chi connectivity index (χ3n) is 3.27. The van der Waals surface area contributed by atoms with E-state index < -0.39 is 0 Å². The van der Waals surface area contributed by atoms with E-state index in [9.17, 15) is 0 Å². The summed E-state index contributed by atoms with van der Waals surface area (Å²) in [6.07, 6.45) is 6.68. The average molecular weight is 299 g/mol. The Balaban J connectivity index is 0.00000132. The Morgan fingerprint density at radius 2 is 1.86 bits per heavy atom. The number of hydrogen-bond donors (Lipinski definition) is 1. The molecule has 4 aromatic heterocycles. The molecule has 4 heterocycles. The maximum atomic E-state index is 5.99. The first kappa shape index (κ1) is 13.3. The Bertz CT molecular complexity index is 919. The van der Waals surface area contributed by atoms with Crippen LogP contribution >= 0.6 is 12.4 Å². The lowest BCUT2D eigenvalue weighted by molar-refractivity contribution is 1.12. The number of nitrogens with two attached hydrogens (primary N) is 1. The molecule has 0 aromatic carbocycles. The second-order valence-corrected chi connectivity index (χ2v) is 4.37. The molecule has 0 saturated heterocycles. The lowest BCUT2D eigenvalue weighted by Crippen LogP contribution is -1.99. The Labute approximate surface area is 126 Å². The molecule has 21 heavy (non-hydrogen) atoms. The lowest BCUT2D eigenvalue weighted by atomic mass is 10.1. The summed E-state index contributed by atoms with van der Waals surface area (Å²) in [4.78, 5) is 16.8. The van der Waals surface area contributed by atoms with Gasteiger partial charge in [-0.1, -0.05) is 0 Å². The van der Waals surface area contributed by atoms with E-state index in [2.05, 4.69) is 19.9 Å². The molecule has 104 valence electrons. The molecule has 0 amide bonds. The van der Waals surface area contributed by atoms with Crippen molar-refractivity contribution in [2.45, 2.75) is 0 Å². The molecular formula is C14H11ClN6. The summed E-state index contributed by atoms with van der Waals surface area (Å²) in [7, 11) is 0. The number of nitrogen functional groups attached to an aromatic ring is 1. The minimum Gasteiger partial charge on any atom is -0.369 e. The number of pyridine rings is 1. The molecule has 0 aliphatic rings. The van der Waals surface area contributed by atoms with Crippen molar-refractivity contribution in [1.29, 1.82) is 0 Å². The number of nitrogens with zero attached hydrogens (tertiary/aromatic N) is 5. The van der Waals surface area contributed by atoms with Gasteiger partial charge < -0.3 is 5.73 Å². The van der Waals surface area contributed by atoms with Gasteiger partial charge in [-0.3, -0.25) is 4.40 Å². The smallest absolute Gasteiger partial charge is 0.206 e. The number of fused-ring (bicyclic) bond motifs is 3. The van der Waals surface area contributed by atoms with Gasteiger partial charge in [0.05, 0.1) is 11.2 Å². The highest BCUT2D eigenvalue weighted by molar-refractivity contribution is 6.03. The molecule has 0 aliphatic carbocycles. The largest absolute Gasteiger partial charge is 0.369 e. The van der Waals surface area contributed by atoms with E-state index in [-0.39, 0.29) is 12.4 Å². The van der Waals surface area contributed by atoms with Crippen molar-refractivity contribution in [3.8, 4) is 11.3 Å². The predicted octanol–water partition coefficient (Wildman–Crippen LogP) is 2.34. The molecule has 0 saturated carbocycles. The summed E-state index contributed by atoms with van der Waals surface area (Å²) in [5, 5.41) is 0.992. The van der Waals surface area contributed by atoms with Gasteiger partial charge in [-0.15, -0.1) is 12.4 Å². The van der Waals surface area contributed by atoms with Crippen LogP contribution in [-0.4, -0.2) is 24.3 Å². The standard InChI is InChI=1S/C14H10N6.ClH/c15-14-18-7-4-11-12(10-3-6-16-8-19-10)9-2-1-5-17-13(9)20(11)14;/h1-8H,(H2,15,18);1H. The third-order valence-corrected chi connectivity index (χ3v) is 3.27. The summed E-state index contributed by atoms with van der Waals surface area (Å²) in [6.45, 7) is 0. The van der Waals surface area contributed by atoms with Crippen LogP contribution in [0.1, 0.15) is 0 Å². The highest BCUT2D eigenvalue weighted by Gasteiger charge is 2.16. The number of anilines is 1. The van der Waals surface area contributed by atoms with Crippen LogP contribution in [0.3, 0.4) is 0 Å². The second kappa shape index (κ2) is 4.99. The highest BCUT2D eigenvalue weighted by Crippen LogP contribution is 2.33. The van der Waals surface area contributed by atoms with Gasteiger partial charge in [0.25, 0.3) is 0 Å². The number of halogens is 1. The molecule has 2 N–H and O–H groups in total. The van der Waals surface area contributed by atoms with Crippen LogP contribution < -0.4 is 5.73 Å². The number of aromatic nitrogens is 5. The van der Waals surface area contributed by atoms with Crippen molar-refractivity contribution in [2.24, 2.45) is 0 Å². The van der Waals surface area contributed by atoms with E-state index in [1.54, 1.807) is 18.6 Å². The van der Waals surface area contributed by atoms with Gasteiger partial charge in [0.15, 0.2) is 0 Å². The van der Waals surface area contributed by atoms with Crippen molar-refractivity contribution < 1.29 is 0 Å². The van der Waals surface area contributed by atoms with Crippen LogP contribution in [0.2, 0.25) is 0 Å². The van der Waals surface area contributed by atoms with Crippen molar-refractivity contribution in [2.75, 3.05) is 5.73 Å².